The Morgan fingerprint density at radius 2 is 1.76 bits per heavy atom. The first-order valence-corrected chi connectivity index (χ1v) is 11.9. The largest absolute Gasteiger partial charge is 0.508 e. The van der Waals surface area contributed by atoms with Crippen LogP contribution in [0.3, 0.4) is 0 Å². The van der Waals surface area contributed by atoms with E-state index in [2.05, 4.69) is 29.7 Å². The van der Waals surface area contributed by atoms with Gasteiger partial charge in [0.2, 0.25) is 0 Å². The minimum atomic E-state index is -0.229. The van der Waals surface area contributed by atoms with Crippen LogP contribution >= 0.6 is 0 Å². The quantitative estimate of drug-likeness (QED) is 0.223. The van der Waals surface area contributed by atoms with Crippen LogP contribution in [0, 0.1) is 0 Å². The first-order valence-electron chi connectivity index (χ1n) is 11.9. The van der Waals surface area contributed by atoms with Gasteiger partial charge >= 0.3 is 5.97 Å². The summed E-state index contributed by atoms with van der Waals surface area (Å²) in [5.41, 5.74) is 5.06. The third-order valence-corrected chi connectivity index (χ3v) is 5.83. The fraction of sp³-hybridized carbons (Fsp3) is 0.276. The van der Waals surface area contributed by atoms with Crippen LogP contribution in [0.1, 0.15) is 37.8 Å². The van der Waals surface area contributed by atoms with Gasteiger partial charge in [0.25, 0.3) is 0 Å². The van der Waals surface area contributed by atoms with Crippen molar-refractivity contribution in [2.75, 3.05) is 13.2 Å². The average Bonchev–Trinajstić information content (AvgIpc) is 3.16. The van der Waals surface area contributed by atoms with Gasteiger partial charge < -0.3 is 19.1 Å². The van der Waals surface area contributed by atoms with Crippen LogP contribution in [0.2, 0.25) is 0 Å². The van der Waals surface area contributed by atoms with E-state index in [-0.39, 0.29) is 18.1 Å². The number of hydrogen-bond acceptors (Lipinski definition) is 4. The van der Waals surface area contributed by atoms with E-state index >= 15 is 0 Å². The van der Waals surface area contributed by atoms with Crippen LogP contribution < -0.4 is 4.74 Å². The van der Waals surface area contributed by atoms with E-state index < -0.39 is 0 Å². The standard InChI is InChI=1S/C29H31NO4/c1-3-5-15-34-26-12-9-21(10-13-26)19-30-20-24(18-29(32)33-4-2)27-14-11-23(17-28(27)30)22-7-6-8-25(31)16-22/h6-14,16-17,20,31H,3-5,15,18-19H2,1-2H3. The van der Waals surface area contributed by atoms with Gasteiger partial charge in [0, 0.05) is 23.6 Å². The molecule has 5 nitrogen and oxygen atoms in total. The molecule has 0 saturated heterocycles. The summed E-state index contributed by atoms with van der Waals surface area (Å²) in [6.45, 7) is 5.73. The van der Waals surface area contributed by atoms with E-state index in [1.165, 1.54) is 0 Å². The van der Waals surface area contributed by atoms with Gasteiger partial charge in [-0.15, -0.1) is 0 Å². The van der Waals surface area contributed by atoms with Crippen molar-refractivity contribution < 1.29 is 19.4 Å². The number of hydrogen-bond donors (Lipinski definition) is 1. The second-order valence-corrected chi connectivity index (χ2v) is 8.39. The Labute approximate surface area is 200 Å². The van der Waals surface area contributed by atoms with Gasteiger partial charge in [-0.1, -0.05) is 49.7 Å². The zero-order chi connectivity index (χ0) is 23.9. The predicted octanol–water partition coefficient (Wildman–Crippen LogP) is 6.35. The Kier molecular flexibility index (Phi) is 7.53. The van der Waals surface area contributed by atoms with E-state index in [0.717, 1.165) is 58.4 Å². The van der Waals surface area contributed by atoms with Crippen LogP contribution in [-0.2, 0) is 22.5 Å². The van der Waals surface area contributed by atoms with E-state index in [0.29, 0.717) is 13.2 Å². The lowest BCUT2D eigenvalue weighted by atomic mass is 10.0. The molecule has 0 fully saturated rings. The number of aromatic nitrogens is 1. The summed E-state index contributed by atoms with van der Waals surface area (Å²) < 4.78 is 13.2. The van der Waals surface area contributed by atoms with Crippen LogP contribution in [0.5, 0.6) is 11.5 Å². The molecule has 0 bridgehead atoms. The summed E-state index contributed by atoms with van der Waals surface area (Å²) in [4.78, 5) is 12.2. The van der Waals surface area contributed by atoms with Gasteiger partial charge in [-0.3, -0.25) is 4.79 Å². The van der Waals surface area contributed by atoms with Gasteiger partial charge in [-0.2, -0.15) is 0 Å². The van der Waals surface area contributed by atoms with Gasteiger partial charge in [0.05, 0.1) is 19.6 Å². The number of fused-ring (bicyclic) bond motifs is 1. The summed E-state index contributed by atoms with van der Waals surface area (Å²) in [6.07, 6.45) is 4.42. The van der Waals surface area contributed by atoms with Crippen molar-refractivity contribution in [2.45, 2.75) is 39.7 Å². The molecule has 0 spiro atoms. The summed E-state index contributed by atoms with van der Waals surface area (Å²) >= 11 is 0. The molecule has 1 N–H and O–H groups in total. The molecule has 0 atom stereocenters. The maximum Gasteiger partial charge on any atom is 0.310 e. The zero-order valence-corrected chi connectivity index (χ0v) is 19.8. The zero-order valence-electron chi connectivity index (χ0n) is 19.8. The highest BCUT2D eigenvalue weighted by atomic mass is 16.5. The van der Waals surface area contributed by atoms with Crippen molar-refractivity contribution in [3.05, 3.63) is 84.1 Å². The van der Waals surface area contributed by atoms with Crippen molar-refractivity contribution in [1.29, 1.82) is 0 Å². The van der Waals surface area contributed by atoms with Crippen molar-refractivity contribution in [3.8, 4) is 22.6 Å². The summed E-state index contributed by atoms with van der Waals surface area (Å²) in [7, 11) is 0. The molecule has 176 valence electrons. The molecule has 4 rings (SSSR count). The second kappa shape index (κ2) is 10.9. The van der Waals surface area contributed by atoms with Crippen LogP contribution in [0.4, 0.5) is 0 Å². The summed E-state index contributed by atoms with van der Waals surface area (Å²) in [5.74, 6) is 0.883. The van der Waals surface area contributed by atoms with Gasteiger partial charge in [0.15, 0.2) is 0 Å². The number of carbonyl (C=O) groups excluding carboxylic acids is 1. The fourth-order valence-corrected chi connectivity index (χ4v) is 4.09. The molecule has 4 aromatic rings. The number of esters is 1. The number of aromatic hydroxyl groups is 1. The number of phenols is 1. The first-order chi connectivity index (χ1) is 16.6. The Balaban J connectivity index is 1.67. The molecule has 0 aliphatic rings. The second-order valence-electron chi connectivity index (χ2n) is 8.39. The van der Waals surface area contributed by atoms with E-state index in [9.17, 15) is 9.90 Å². The third-order valence-electron chi connectivity index (χ3n) is 5.83. The Hall–Kier alpha value is -3.73. The number of phenolic OH excluding ortho intramolecular Hbond substituents is 1. The van der Waals surface area contributed by atoms with Gasteiger partial charge in [0.1, 0.15) is 11.5 Å². The van der Waals surface area contributed by atoms with E-state index in [1.807, 2.05) is 49.5 Å². The minimum absolute atomic E-state index is 0.229. The van der Waals surface area contributed by atoms with Crippen LogP contribution in [0.25, 0.3) is 22.0 Å². The molecule has 0 unspecified atom stereocenters. The molecule has 34 heavy (non-hydrogen) atoms. The molecule has 0 amide bonds. The summed E-state index contributed by atoms with van der Waals surface area (Å²) in [6, 6.07) is 21.6. The normalized spacial score (nSPS) is 11.0. The number of ether oxygens (including phenoxy) is 2. The number of carbonyl (C=O) groups is 1. The molecule has 1 aromatic heterocycles. The number of benzene rings is 3. The van der Waals surface area contributed by atoms with Crippen LogP contribution in [-0.4, -0.2) is 28.9 Å². The number of nitrogens with zero attached hydrogens (tertiary/aromatic N) is 1. The lowest BCUT2D eigenvalue weighted by molar-refractivity contribution is -0.142. The molecule has 5 heteroatoms. The smallest absolute Gasteiger partial charge is 0.310 e. The average molecular weight is 458 g/mol. The lowest BCUT2D eigenvalue weighted by Gasteiger charge is -2.09. The van der Waals surface area contributed by atoms with E-state index in [1.54, 1.807) is 12.1 Å². The molecule has 0 aliphatic heterocycles. The third kappa shape index (κ3) is 5.60. The van der Waals surface area contributed by atoms with Crippen molar-refractivity contribution >= 4 is 16.9 Å². The van der Waals surface area contributed by atoms with Gasteiger partial charge in [-0.05, 0) is 65.9 Å². The molecule has 0 aliphatic carbocycles. The van der Waals surface area contributed by atoms with E-state index in [4.69, 9.17) is 9.47 Å². The monoisotopic (exact) mass is 457 g/mol. The van der Waals surface area contributed by atoms with Crippen molar-refractivity contribution in [3.63, 3.8) is 0 Å². The Morgan fingerprint density at radius 1 is 0.971 bits per heavy atom. The Bertz CT molecular complexity index is 1260. The maximum absolute atomic E-state index is 12.2. The van der Waals surface area contributed by atoms with Crippen LogP contribution in [0.15, 0.2) is 72.9 Å². The maximum atomic E-state index is 12.2. The molecule has 0 radical (unpaired) electrons. The van der Waals surface area contributed by atoms with Gasteiger partial charge in [-0.25, -0.2) is 0 Å². The first kappa shape index (κ1) is 23.4. The SMILES string of the molecule is CCCCOc1ccc(Cn2cc(CC(=O)OCC)c3ccc(-c4cccc(O)c4)cc32)cc1. The highest BCUT2D eigenvalue weighted by Gasteiger charge is 2.14. The summed E-state index contributed by atoms with van der Waals surface area (Å²) in [5, 5.41) is 10.9. The van der Waals surface area contributed by atoms with Crippen molar-refractivity contribution in [1.82, 2.24) is 4.57 Å². The molecule has 1 heterocycles. The molecule has 0 saturated carbocycles. The minimum Gasteiger partial charge on any atom is -0.508 e. The highest BCUT2D eigenvalue weighted by Crippen LogP contribution is 2.30. The fourth-order valence-electron chi connectivity index (χ4n) is 4.09. The topological polar surface area (TPSA) is 60.7 Å². The number of rotatable bonds is 10. The predicted molar refractivity (Wildman–Crippen MR) is 135 cm³/mol. The molecular weight excluding hydrogens is 426 g/mol. The molecular formula is C29H31NO4. The van der Waals surface area contributed by atoms with Crippen molar-refractivity contribution in [2.24, 2.45) is 0 Å². The highest BCUT2D eigenvalue weighted by molar-refractivity contribution is 5.91. The Morgan fingerprint density at radius 3 is 2.50 bits per heavy atom. The molecule has 3 aromatic carbocycles. The number of unbranched alkanes of at least 4 members (excludes halogenated alkanes) is 1. The lowest BCUT2D eigenvalue weighted by Crippen LogP contribution is -2.07.